The van der Waals surface area contributed by atoms with Gasteiger partial charge in [0.2, 0.25) is 5.91 Å². The zero-order valence-corrected chi connectivity index (χ0v) is 19.1. The highest BCUT2D eigenvalue weighted by Gasteiger charge is 2.31. The lowest BCUT2D eigenvalue weighted by Gasteiger charge is -2.24. The van der Waals surface area contributed by atoms with Crippen LogP contribution in [0.5, 0.6) is 5.75 Å². The third-order valence-electron chi connectivity index (χ3n) is 5.12. The van der Waals surface area contributed by atoms with Crippen molar-refractivity contribution in [1.82, 2.24) is 14.8 Å². The zero-order chi connectivity index (χ0) is 23.6. The molecule has 1 saturated heterocycles. The van der Waals surface area contributed by atoms with E-state index in [4.69, 9.17) is 21.1 Å². The third-order valence-corrected chi connectivity index (χ3v) is 5.43. The molecule has 1 fully saturated rings. The molecule has 1 aromatic carbocycles. The fraction of sp³-hybridized carbons (Fsp3) is 0.391. The monoisotopic (exact) mass is 475 g/mol. The van der Waals surface area contributed by atoms with Gasteiger partial charge in [-0.15, -0.1) is 0 Å². The molecule has 33 heavy (non-hydrogen) atoms. The van der Waals surface area contributed by atoms with Crippen molar-refractivity contribution >= 4 is 29.4 Å². The predicted octanol–water partition coefficient (Wildman–Crippen LogP) is 1.93. The number of hydrogen-bond donors (Lipinski definition) is 0. The number of esters is 1. The van der Waals surface area contributed by atoms with Crippen LogP contribution < -0.4 is 4.74 Å². The van der Waals surface area contributed by atoms with Gasteiger partial charge in [0, 0.05) is 32.0 Å². The highest BCUT2D eigenvalue weighted by atomic mass is 35.5. The van der Waals surface area contributed by atoms with Crippen LogP contribution in [0.3, 0.4) is 0 Å². The van der Waals surface area contributed by atoms with Crippen LogP contribution in [0.2, 0.25) is 5.02 Å². The van der Waals surface area contributed by atoms with Crippen LogP contribution in [0.15, 0.2) is 48.8 Å². The Labute approximate surface area is 197 Å². The van der Waals surface area contributed by atoms with E-state index < -0.39 is 12.1 Å². The van der Waals surface area contributed by atoms with E-state index in [0.717, 1.165) is 5.56 Å². The Bertz CT molecular complexity index is 958. The molecule has 176 valence electrons. The molecule has 0 radical (unpaired) electrons. The topological polar surface area (TPSA) is 98.3 Å². The number of para-hydroxylation sites is 1. The van der Waals surface area contributed by atoms with E-state index in [0.29, 0.717) is 17.4 Å². The third kappa shape index (κ3) is 7.44. The van der Waals surface area contributed by atoms with Gasteiger partial charge in [-0.1, -0.05) is 23.7 Å². The first-order valence-corrected chi connectivity index (χ1v) is 10.8. The molecule has 0 N–H and O–H groups in total. The quantitative estimate of drug-likeness (QED) is 0.511. The lowest BCUT2D eigenvalue weighted by Crippen LogP contribution is -2.42. The fourth-order valence-electron chi connectivity index (χ4n) is 3.30. The Morgan fingerprint density at radius 2 is 1.91 bits per heavy atom. The molecule has 2 heterocycles. The normalized spacial score (nSPS) is 16.3. The largest absolute Gasteiger partial charge is 0.482 e. The van der Waals surface area contributed by atoms with E-state index in [2.05, 4.69) is 9.72 Å². The second-order valence-electron chi connectivity index (χ2n) is 7.45. The molecule has 2 amide bonds. The SMILES string of the molecule is COC(=O)CCN1C[C@H](OCc2ccncc2)CN(C(=O)COc2ccccc2Cl)CC1=O. The van der Waals surface area contributed by atoms with Crippen LogP contribution >= 0.6 is 11.6 Å². The van der Waals surface area contributed by atoms with Crippen LogP contribution in [0.25, 0.3) is 0 Å². The molecule has 1 aliphatic heterocycles. The van der Waals surface area contributed by atoms with Gasteiger partial charge in [-0.3, -0.25) is 19.4 Å². The van der Waals surface area contributed by atoms with Crippen molar-refractivity contribution in [1.29, 1.82) is 0 Å². The summed E-state index contributed by atoms with van der Waals surface area (Å²) >= 11 is 6.08. The summed E-state index contributed by atoms with van der Waals surface area (Å²) in [5.41, 5.74) is 0.918. The van der Waals surface area contributed by atoms with Crippen molar-refractivity contribution < 1.29 is 28.6 Å². The molecular weight excluding hydrogens is 450 g/mol. The smallest absolute Gasteiger partial charge is 0.307 e. The zero-order valence-electron chi connectivity index (χ0n) is 18.3. The highest BCUT2D eigenvalue weighted by Crippen LogP contribution is 2.23. The maximum Gasteiger partial charge on any atom is 0.307 e. The van der Waals surface area contributed by atoms with Crippen molar-refractivity contribution in [3.8, 4) is 5.75 Å². The fourth-order valence-corrected chi connectivity index (χ4v) is 3.49. The van der Waals surface area contributed by atoms with Crippen molar-refractivity contribution in [2.75, 3.05) is 39.9 Å². The minimum atomic E-state index is -0.452. The molecule has 2 aromatic rings. The average Bonchev–Trinajstić information content (AvgIpc) is 2.99. The maximum atomic E-state index is 12.9. The van der Waals surface area contributed by atoms with Crippen molar-refractivity contribution in [3.05, 3.63) is 59.4 Å². The molecule has 1 aromatic heterocycles. The minimum Gasteiger partial charge on any atom is -0.482 e. The molecule has 1 atom stereocenters. The number of ether oxygens (including phenoxy) is 3. The van der Waals surface area contributed by atoms with E-state index >= 15 is 0 Å². The first-order chi connectivity index (χ1) is 16.0. The summed E-state index contributed by atoms with van der Waals surface area (Å²) < 4.78 is 16.3. The summed E-state index contributed by atoms with van der Waals surface area (Å²) in [5.74, 6) is -0.670. The Kier molecular flexibility index (Phi) is 9.03. The van der Waals surface area contributed by atoms with E-state index in [1.54, 1.807) is 36.7 Å². The molecule has 0 aliphatic carbocycles. The summed E-state index contributed by atoms with van der Waals surface area (Å²) in [6, 6.07) is 10.5. The number of hydrogen-bond acceptors (Lipinski definition) is 7. The Morgan fingerprint density at radius 3 is 2.64 bits per heavy atom. The second kappa shape index (κ2) is 12.2. The summed E-state index contributed by atoms with van der Waals surface area (Å²) in [6.45, 7) is 0.521. The van der Waals surface area contributed by atoms with Crippen LogP contribution in [0.1, 0.15) is 12.0 Å². The highest BCUT2D eigenvalue weighted by molar-refractivity contribution is 6.32. The predicted molar refractivity (Wildman–Crippen MR) is 120 cm³/mol. The lowest BCUT2D eigenvalue weighted by molar-refractivity contribution is -0.143. The van der Waals surface area contributed by atoms with Gasteiger partial charge in [0.05, 0.1) is 37.8 Å². The molecule has 1 aliphatic rings. The Hall–Kier alpha value is -3.17. The van der Waals surface area contributed by atoms with Gasteiger partial charge in [-0.25, -0.2) is 0 Å². The van der Waals surface area contributed by atoms with Crippen molar-refractivity contribution in [2.24, 2.45) is 0 Å². The van der Waals surface area contributed by atoms with Gasteiger partial charge in [-0.2, -0.15) is 0 Å². The van der Waals surface area contributed by atoms with E-state index in [9.17, 15) is 14.4 Å². The standard InChI is InChI=1S/C23H26ClN3O6/c1-31-23(30)8-11-26-12-18(32-15-17-6-9-25-10-7-17)13-27(14-21(26)28)22(29)16-33-20-5-3-2-4-19(20)24/h2-7,9-10,18H,8,11-16H2,1H3/t18-/m0/s1. The number of carbonyl (C=O) groups excluding carboxylic acids is 3. The molecule has 0 saturated carbocycles. The summed E-state index contributed by atoms with van der Waals surface area (Å²) in [6.07, 6.45) is 2.94. The second-order valence-corrected chi connectivity index (χ2v) is 7.85. The van der Waals surface area contributed by atoms with Crippen molar-refractivity contribution in [2.45, 2.75) is 19.1 Å². The van der Waals surface area contributed by atoms with E-state index in [1.165, 1.54) is 16.9 Å². The van der Waals surface area contributed by atoms with Crippen LogP contribution in [-0.4, -0.2) is 78.6 Å². The van der Waals surface area contributed by atoms with Crippen LogP contribution in [-0.2, 0) is 30.5 Å². The molecule has 0 bridgehead atoms. The van der Waals surface area contributed by atoms with Gasteiger partial charge >= 0.3 is 5.97 Å². The molecule has 9 nitrogen and oxygen atoms in total. The number of methoxy groups -OCH3 is 1. The van der Waals surface area contributed by atoms with E-state index in [-0.39, 0.29) is 51.0 Å². The Balaban J connectivity index is 1.67. The molecular formula is C23H26ClN3O6. The number of benzene rings is 1. The number of carbonyl (C=O) groups is 3. The first kappa shape index (κ1) is 24.5. The summed E-state index contributed by atoms with van der Waals surface area (Å²) in [5, 5.41) is 0.393. The first-order valence-electron chi connectivity index (χ1n) is 10.5. The number of aromatic nitrogens is 1. The minimum absolute atomic E-state index is 0.0584. The van der Waals surface area contributed by atoms with E-state index in [1.807, 2.05) is 12.1 Å². The number of amides is 2. The van der Waals surface area contributed by atoms with Gasteiger partial charge in [0.15, 0.2) is 6.61 Å². The van der Waals surface area contributed by atoms with Crippen LogP contribution in [0.4, 0.5) is 0 Å². The molecule has 3 rings (SSSR count). The average molecular weight is 476 g/mol. The number of rotatable bonds is 9. The molecule has 0 unspecified atom stereocenters. The van der Waals surface area contributed by atoms with Gasteiger partial charge in [0.25, 0.3) is 5.91 Å². The number of nitrogens with zero attached hydrogens (tertiary/aromatic N) is 3. The summed E-state index contributed by atoms with van der Waals surface area (Å²) in [4.78, 5) is 44.2. The lowest BCUT2D eigenvalue weighted by atomic mass is 10.2. The molecule has 0 spiro atoms. The molecule has 10 heteroatoms. The maximum absolute atomic E-state index is 12.9. The Morgan fingerprint density at radius 1 is 1.15 bits per heavy atom. The van der Waals surface area contributed by atoms with Gasteiger partial charge in [0.1, 0.15) is 5.75 Å². The summed E-state index contributed by atoms with van der Waals surface area (Å²) in [7, 11) is 1.30. The number of pyridine rings is 1. The van der Waals surface area contributed by atoms with Gasteiger partial charge < -0.3 is 24.0 Å². The van der Waals surface area contributed by atoms with Gasteiger partial charge in [-0.05, 0) is 29.8 Å². The van der Waals surface area contributed by atoms with Crippen LogP contribution in [0, 0.1) is 0 Å². The number of halogens is 1. The van der Waals surface area contributed by atoms with Crippen molar-refractivity contribution in [3.63, 3.8) is 0 Å².